The van der Waals surface area contributed by atoms with Crippen molar-refractivity contribution in [3.8, 4) is 5.75 Å². The van der Waals surface area contributed by atoms with Crippen molar-refractivity contribution in [1.82, 2.24) is 5.32 Å². The fourth-order valence-corrected chi connectivity index (χ4v) is 3.80. The molecule has 104 valence electrons. The Bertz CT molecular complexity index is 443. The molecule has 0 amide bonds. The summed E-state index contributed by atoms with van der Waals surface area (Å²) >= 11 is 0. The Labute approximate surface area is 116 Å². The maximum Gasteiger partial charge on any atom is 0.122 e. The SMILES string of the molecule is CNCC1CCC(C)CC1c1ccc2c(c1)CCO2. The van der Waals surface area contributed by atoms with E-state index in [4.69, 9.17) is 4.74 Å². The van der Waals surface area contributed by atoms with Gasteiger partial charge in [-0.1, -0.05) is 25.5 Å². The Balaban J connectivity index is 1.84. The van der Waals surface area contributed by atoms with Crippen molar-refractivity contribution >= 4 is 0 Å². The second-order valence-electron chi connectivity index (χ2n) is 6.31. The van der Waals surface area contributed by atoms with Crippen molar-refractivity contribution in [1.29, 1.82) is 0 Å². The number of benzene rings is 1. The average molecular weight is 259 g/mol. The van der Waals surface area contributed by atoms with E-state index >= 15 is 0 Å². The molecule has 3 atom stereocenters. The Hall–Kier alpha value is -1.02. The van der Waals surface area contributed by atoms with Gasteiger partial charge >= 0.3 is 0 Å². The van der Waals surface area contributed by atoms with E-state index in [1.54, 1.807) is 0 Å². The van der Waals surface area contributed by atoms with Crippen LogP contribution in [0.3, 0.4) is 0 Å². The third-order valence-corrected chi connectivity index (χ3v) is 4.86. The highest BCUT2D eigenvalue weighted by Gasteiger charge is 2.30. The fraction of sp³-hybridized carbons (Fsp3) is 0.647. The third-order valence-electron chi connectivity index (χ3n) is 4.86. The minimum absolute atomic E-state index is 0.724. The van der Waals surface area contributed by atoms with Crippen LogP contribution in [0, 0.1) is 11.8 Å². The van der Waals surface area contributed by atoms with E-state index in [9.17, 15) is 0 Å². The molecule has 1 saturated carbocycles. The third kappa shape index (κ3) is 2.64. The summed E-state index contributed by atoms with van der Waals surface area (Å²) in [5, 5.41) is 3.38. The van der Waals surface area contributed by atoms with Gasteiger partial charge in [-0.2, -0.15) is 0 Å². The molecule has 1 N–H and O–H groups in total. The Morgan fingerprint density at radius 3 is 3.05 bits per heavy atom. The van der Waals surface area contributed by atoms with Gasteiger partial charge in [0.25, 0.3) is 0 Å². The van der Waals surface area contributed by atoms with Gasteiger partial charge in [0.15, 0.2) is 0 Å². The summed E-state index contributed by atoms with van der Waals surface area (Å²) in [4.78, 5) is 0. The molecule has 1 aliphatic heterocycles. The molecule has 1 aromatic rings. The van der Waals surface area contributed by atoms with E-state index in [2.05, 4.69) is 37.5 Å². The van der Waals surface area contributed by atoms with Crippen molar-refractivity contribution in [2.24, 2.45) is 11.8 Å². The van der Waals surface area contributed by atoms with Crippen LogP contribution in [-0.4, -0.2) is 20.2 Å². The summed E-state index contributed by atoms with van der Waals surface area (Å²) in [7, 11) is 2.08. The highest BCUT2D eigenvalue weighted by atomic mass is 16.5. The quantitative estimate of drug-likeness (QED) is 0.898. The number of hydrogen-bond acceptors (Lipinski definition) is 2. The first-order valence-electron chi connectivity index (χ1n) is 7.68. The summed E-state index contributed by atoms with van der Waals surface area (Å²) in [5.74, 6) is 3.49. The maximum absolute atomic E-state index is 5.62. The lowest BCUT2D eigenvalue weighted by molar-refractivity contribution is 0.245. The minimum atomic E-state index is 0.724. The van der Waals surface area contributed by atoms with Gasteiger partial charge in [0.2, 0.25) is 0 Å². The number of nitrogens with one attached hydrogen (secondary N) is 1. The van der Waals surface area contributed by atoms with Gasteiger partial charge in [0.1, 0.15) is 5.75 Å². The van der Waals surface area contributed by atoms with Crippen LogP contribution in [0.25, 0.3) is 0 Å². The zero-order chi connectivity index (χ0) is 13.2. The zero-order valence-corrected chi connectivity index (χ0v) is 12.1. The molecule has 1 heterocycles. The van der Waals surface area contributed by atoms with Crippen LogP contribution in [-0.2, 0) is 6.42 Å². The first-order valence-corrected chi connectivity index (χ1v) is 7.68. The zero-order valence-electron chi connectivity index (χ0n) is 12.1. The van der Waals surface area contributed by atoms with Crippen LogP contribution >= 0.6 is 0 Å². The van der Waals surface area contributed by atoms with Gasteiger partial charge in [-0.3, -0.25) is 0 Å². The minimum Gasteiger partial charge on any atom is -0.493 e. The van der Waals surface area contributed by atoms with E-state index in [0.717, 1.165) is 43.1 Å². The molecule has 2 heteroatoms. The first kappa shape index (κ1) is 13.0. The van der Waals surface area contributed by atoms with E-state index in [1.807, 2.05) is 0 Å². The van der Waals surface area contributed by atoms with Crippen LogP contribution < -0.4 is 10.1 Å². The molecule has 2 nitrogen and oxygen atoms in total. The van der Waals surface area contributed by atoms with Crippen molar-refractivity contribution in [3.63, 3.8) is 0 Å². The van der Waals surface area contributed by atoms with E-state index in [0.29, 0.717) is 0 Å². The molecule has 0 bridgehead atoms. The van der Waals surface area contributed by atoms with Crippen LogP contribution in [0.15, 0.2) is 18.2 Å². The average Bonchev–Trinajstić information content (AvgIpc) is 2.88. The molecule has 1 fully saturated rings. The highest BCUT2D eigenvalue weighted by molar-refractivity contribution is 5.41. The molecule has 0 radical (unpaired) electrons. The summed E-state index contributed by atoms with van der Waals surface area (Å²) in [6.07, 6.45) is 5.17. The lowest BCUT2D eigenvalue weighted by Gasteiger charge is -2.35. The first-order chi connectivity index (χ1) is 9.28. The van der Waals surface area contributed by atoms with Crippen LogP contribution in [0.5, 0.6) is 5.75 Å². The molecule has 0 spiro atoms. The largest absolute Gasteiger partial charge is 0.493 e. The Morgan fingerprint density at radius 2 is 2.21 bits per heavy atom. The normalized spacial score (nSPS) is 29.9. The highest BCUT2D eigenvalue weighted by Crippen LogP contribution is 2.41. The van der Waals surface area contributed by atoms with Crippen molar-refractivity contribution in [2.45, 2.75) is 38.5 Å². The Kier molecular flexibility index (Phi) is 3.79. The lowest BCUT2D eigenvalue weighted by atomic mass is 9.71. The maximum atomic E-state index is 5.62. The molecule has 0 saturated heterocycles. The van der Waals surface area contributed by atoms with E-state index in [-0.39, 0.29) is 0 Å². The number of ether oxygens (including phenoxy) is 1. The summed E-state index contributed by atoms with van der Waals surface area (Å²) in [5.41, 5.74) is 2.95. The molecule has 1 aliphatic carbocycles. The van der Waals surface area contributed by atoms with Gasteiger partial charge in [0, 0.05) is 6.42 Å². The molecule has 2 aliphatic rings. The van der Waals surface area contributed by atoms with Crippen molar-refractivity contribution in [2.75, 3.05) is 20.2 Å². The molecule has 3 unspecified atom stereocenters. The van der Waals surface area contributed by atoms with Crippen LogP contribution in [0.1, 0.15) is 43.2 Å². The summed E-state index contributed by atoms with van der Waals surface area (Å²) < 4.78 is 5.62. The molecule has 19 heavy (non-hydrogen) atoms. The molecule has 0 aromatic heterocycles. The topological polar surface area (TPSA) is 21.3 Å². The van der Waals surface area contributed by atoms with Gasteiger partial charge in [-0.25, -0.2) is 0 Å². The predicted molar refractivity (Wildman–Crippen MR) is 78.8 cm³/mol. The molecule has 1 aromatic carbocycles. The summed E-state index contributed by atoms with van der Waals surface area (Å²) in [6.45, 7) is 4.41. The monoisotopic (exact) mass is 259 g/mol. The molecule has 3 rings (SSSR count). The number of fused-ring (bicyclic) bond motifs is 1. The fourth-order valence-electron chi connectivity index (χ4n) is 3.80. The second kappa shape index (κ2) is 5.54. The lowest BCUT2D eigenvalue weighted by Crippen LogP contribution is -2.30. The van der Waals surface area contributed by atoms with Crippen molar-refractivity contribution < 1.29 is 4.74 Å². The van der Waals surface area contributed by atoms with Crippen LogP contribution in [0.2, 0.25) is 0 Å². The van der Waals surface area contributed by atoms with Gasteiger partial charge < -0.3 is 10.1 Å². The van der Waals surface area contributed by atoms with Gasteiger partial charge in [0.05, 0.1) is 6.61 Å². The van der Waals surface area contributed by atoms with Crippen molar-refractivity contribution in [3.05, 3.63) is 29.3 Å². The smallest absolute Gasteiger partial charge is 0.122 e. The van der Waals surface area contributed by atoms with Gasteiger partial charge in [-0.15, -0.1) is 0 Å². The molecular formula is C17H25NO. The van der Waals surface area contributed by atoms with E-state index in [1.165, 1.54) is 30.4 Å². The summed E-state index contributed by atoms with van der Waals surface area (Å²) in [6, 6.07) is 6.90. The second-order valence-corrected chi connectivity index (χ2v) is 6.31. The van der Waals surface area contributed by atoms with E-state index < -0.39 is 0 Å². The molecular weight excluding hydrogens is 234 g/mol. The number of hydrogen-bond donors (Lipinski definition) is 1. The van der Waals surface area contributed by atoms with Crippen LogP contribution in [0.4, 0.5) is 0 Å². The van der Waals surface area contributed by atoms with Gasteiger partial charge in [-0.05, 0) is 61.4 Å². The Morgan fingerprint density at radius 1 is 1.32 bits per heavy atom. The predicted octanol–water partition coefficient (Wildman–Crippen LogP) is 3.36. The number of rotatable bonds is 3. The standard InChI is InChI=1S/C17H25NO/c1-12-3-4-15(11-18-2)16(9-12)13-5-6-17-14(10-13)7-8-19-17/h5-6,10,12,15-16,18H,3-4,7-9,11H2,1-2H3.